The summed E-state index contributed by atoms with van der Waals surface area (Å²) in [5, 5.41) is 6.18. The van der Waals surface area contributed by atoms with Gasteiger partial charge in [-0.15, -0.1) is 0 Å². The monoisotopic (exact) mass is 300 g/mol. The quantitative estimate of drug-likeness (QED) is 0.522. The summed E-state index contributed by atoms with van der Waals surface area (Å²) in [6.07, 6.45) is 0.745. The normalized spacial score (nSPS) is 10.3. The molecule has 0 saturated heterocycles. The molecule has 0 aliphatic carbocycles. The molecule has 0 radical (unpaired) electrons. The molecule has 0 unspecified atom stereocenters. The van der Waals surface area contributed by atoms with E-state index in [2.05, 4.69) is 10.5 Å². The van der Waals surface area contributed by atoms with E-state index >= 15 is 0 Å². The Kier molecular flexibility index (Phi) is 5.37. The van der Waals surface area contributed by atoms with Crippen molar-refractivity contribution in [3.8, 4) is 11.5 Å². The van der Waals surface area contributed by atoms with E-state index < -0.39 is 6.09 Å². The number of amides is 1. The van der Waals surface area contributed by atoms with E-state index in [1.807, 2.05) is 18.2 Å². The predicted molar refractivity (Wildman–Crippen MR) is 83.7 cm³/mol. The van der Waals surface area contributed by atoms with Crippen molar-refractivity contribution in [2.45, 2.75) is 0 Å². The fourth-order valence-electron chi connectivity index (χ4n) is 1.73. The minimum atomic E-state index is -0.664. The topological polar surface area (TPSA) is 69.2 Å². The van der Waals surface area contributed by atoms with E-state index in [1.165, 1.54) is 6.21 Å². The number of methoxy groups -OCH3 is 2. The van der Waals surface area contributed by atoms with Crippen LogP contribution in [0.15, 0.2) is 53.7 Å². The van der Waals surface area contributed by atoms with Crippen LogP contribution in [0.25, 0.3) is 0 Å². The number of hydrogen-bond donors (Lipinski definition) is 1. The molecule has 1 N–H and O–H groups in total. The Morgan fingerprint density at radius 2 is 1.77 bits per heavy atom. The smallest absolute Gasteiger partial charge is 0.437 e. The number of para-hydroxylation sites is 1. The van der Waals surface area contributed by atoms with E-state index in [9.17, 15) is 4.79 Å². The highest BCUT2D eigenvalue weighted by molar-refractivity contribution is 5.86. The van der Waals surface area contributed by atoms with E-state index in [0.29, 0.717) is 22.7 Å². The number of nitrogens with one attached hydrogen (secondary N) is 1. The molecule has 1 amide bonds. The Bertz CT molecular complexity index is 656. The predicted octanol–water partition coefficient (Wildman–Crippen LogP) is 3.29. The Morgan fingerprint density at radius 3 is 2.45 bits per heavy atom. The van der Waals surface area contributed by atoms with E-state index in [0.717, 1.165) is 0 Å². The van der Waals surface area contributed by atoms with Gasteiger partial charge in [-0.2, -0.15) is 0 Å². The molecular formula is C16H16N2O4. The standard InChI is InChI=1S/C16H16N2O4/c1-20-14-9-8-12(10-15(14)21-2)11-17-22-16(19)18-13-6-4-3-5-7-13/h3-11H,1-2H3,(H,18,19)/b17-11+. The van der Waals surface area contributed by atoms with Gasteiger partial charge in [0.25, 0.3) is 0 Å². The first-order valence-corrected chi connectivity index (χ1v) is 6.51. The fraction of sp³-hybridized carbons (Fsp3) is 0.125. The lowest BCUT2D eigenvalue weighted by Gasteiger charge is -2.07. The second-order valence-electron chi connectivity index (χ2n) is 4.22. The third kappa shape index (κ3) is 4.24. The number of oxime groups is 1. The third-order valence-electron chi connectivity index (χ3n) is 2.77. The summed E-state index contributed by atoms with van der Waals surface area (Å²) in [5.74, 6) is 1.18. The van der Waals surface area contributed by atoms with Crippen LogP contribution in [0.5, 0.6) is 11.5 Å². The highest BCUT2D eigenvalue weighted by Gasteiger charge is 2.04. The molecule has 0 saturated carbocycles. The van der Waals surface area contributed by atoms with Crippen molar-refractivity contribution in [2.24, 2.45) is 5.16 Å². The van der Waals surface area contributed by atoms with Crippen molar-refractivity contribution >= 4 is 18.0 Å². The molecule has 2 aromatic rings. The molecule has 114 valence electrons. The summed E-state index contributed by atoms with van der Waals surface area (Å²) in [4.78, 5) is 16.3. The molecule has 6 heteroatoms. The molecule has 0 fully saturated rings. The van der Waals surface area contributed by atoms with Crippen molar-refractivity contribution in [1.29, 1.82) is 0 Å². The van der Waals surface area contributed by atoms with Crippen molar-refractivity contribution in [3.63, 3.8) is 0 Å². The van der Waals surface area contributed by atoms with Gasteiger partial charge >= 0.3 is 6.09 Å². The highest BCUT2D eigenvalue weighted by atomic mass is 16.7. The van der Waals surface area contributed by atoms with E-state index in [-0.39, 0.29) is 0 Å². The first-order chi connectivity index (χ1) is 10.7. The lowest BCUT2D eigenvalue weighted by atomic mass is 10.2. The summed E-state index contributed by atoms with van der Waals surface area (Å²) in [6, 6.07) is 14.2. The van der Waals surface area contributed by atoms with Crippen LogP contribution in [0.2, 0.25) is 0 Å². The van der Waals surface area contributed by atoms with Gasteiger partial charge in [-0.1, -0.05) is 23.4 Å². The van der Waals surface area contributed by atoms with Gasteiger partial charge in [0, 0.05) is 11.3 Å². The Balaban J connectivity index is 1.93. The summed E-state index contributed by atoms with van der Waals surface area (Å²) < 4.78 is 10.3. The molecule has 2 aromatic carbocycles. The summed E-state index contributed by atoms with van der Waals surface area (Å²) in [6.45, 7) is 0. The summed E-state index contributed by atoms with van der Waals surface area (Å²) in [5.41, 5.74) is 1.35. The number of hydrogen-bond acceptors (Lipinski definition) is 5. The van der Waals surface area contributed by atoms with Crippen LogP contribution >= 0.6 is 0 Å². The van der Waals surface area contributed by atoms with Crippen LogP contribution in [0.4, 0.5) is 10.5 Å². The maximum absolute atomic E-state index is 11.5. The number of benzene rings is 2. The van der Waals surface area contributed by atoms with Gasteiger partial charge in [0.2, 0.25) is 0 Å². The number of carbonyl (C=O) groups excluding carboxylic acids is 1. The van der Waals surface area contributed by atoms with Gasteiger partial charge in [0.1, 0.15) is 0 Å². The molecule has 6 nitrogen and oxygen atoms in total. The molecule has 2 rings (SSSR count). The Hall–Kier alpha value is -3.02. The molecule has 0 aliphatic heterocycles. The SMILES string of the molecule is COc1ccc(/C=N/OC(=O)Nc2ccccc2)cc1OC. The van der Waals surface area contributed by atoms with Crippen LogP contribution in [-0.4, -0.2) is 26.5 Å². The van der Waals surface area contributed by atoms with Gasteiger partial charge in [-0.25, -0.2) is 4.79 Å². The minimum absolute atomic E-state index is 0.570. The largest absolute Gasteiger partial charge is 0.493 e. The number of nitrogens with zero attached hydrogens (tertiary/aromatic N) is 1. The first kappa shape index (κ1) is 15.4. The number of anilines is 1. The van der Waals surface area contributed by atoms with E-state index in [1.54, 1.807) is 44.6 Å². The van der Waals surface area contributed by atoms with Crippen LogP contribution in [-0.2, 0) is 4.84 Å². The summed E-state index contributed by atoms with van der Waals surface area (Å²) >= 11 is 0. The Morgan fingerprint density at radius 1 is 1.05 bits per heavy atom. The minimum Gasteiger partial charge on any atom is -0.493 e. The molecule has 0 aliphatic rings. The molecule has 0 heterocycles. The lowest BCUT2D eigenvalue weighted by Crippen LogP contribution is -2.10. The van der Waals surface area contributed by atoms with Crippen molar-refractivity contribution in [3.05, 3.63) is 54.1 Å². The summed E-state index contributed by atoms with van der Waals surface area (Å²) in [7, 11) is 3.10. The van der Waals surface area contributed by atoms with Crippen molar-refractivity contribution in [2.75, 3.05) is 19.5 Å². The molecule has 22 heavy (non-hydrogen) atoms. The maximum Gasteiger partial charge on any atom is 0.437 e. The molecule has 0 spiro atoms. The van der Waals surface area contributed by atoms with Crippen molar-refractivity contribution in [1.82, 2.24) is 0 Å². The number of carbonyl (C=O) groups is 1. The number of rotatable bonds is 5. The van der Waals surface area contributed by atoms with E-state index in [4.69, 9.17) is 14.3 Å². The molecule has 0 atom stereocenters. The van der Waals surface area contributed by atoms with Crippen molar-refractivity contribution < 1.29 is 19.1 Å². The van der Waals surface area contributed by atoms with Crippen LogP contribution in [0.1, 0.15) is 5.56 Å². The van der Waals surface area contributed by atoms with Gasteiger partial charge in [0.15, 0.2) is 11.5 Å². The first-order valence-electron chi connectivity index (χ1n) is 6.51. The van der Waals surface area contributed by atoms with Gasteiger partial charge in [0.05, 0.1) is 20.4 Å². The van der Waals surface area contributed by atoms with Crippen LogP contribution in [0, 0.1) is 0 Å². The van der Waals surface area contributed by atoms with Gasteiger partial charge in [-0.05, 0) is 30.3 Å². The van der Waals surface area contributed by atoms with Gasteiger partial charge < -0.3 is 9.47 Å². The second kappa shape index (κ2) is 7.68. The zero-order valence-corrected chi connectivity index (χ0v) is 12.3. The average molecular weight is 300 g/mol. The molecular weight excluding hydrogens is 284 g/mol. The fourth-order valence-corrected chi connectivity index (χ4v) is 1.73. The zero-order chi connectivity index (χ0) is 15.8. The maximum atomic E-state index is 11.5. The third-order valence-corrected chi connectivity index (χ3v) is 2.77. The van der Waals surface area contributed by atoms with Gasteiger partial charge in [-0.3, -0.25) is 10.2 Å². The molecule has 0 bridgehead atoms. The highest BCUT2D eigenvalue weighted by Crippen LogP contribution is 2.26. The van der Waals surface area contributed by atoms with Crippen LogP contribution < -0.4 is 14.8 Å². The molecule has 0 aromatic heterocycles. The van der Waals surface area contributed by atoms with Crippen LogP contribution in [0.3, 0.4) is 0 Å². The second-order valence-corrected chi connectivity index (χ2v) is 4.22. The zero-order valence-electron chi connectivity index (χ0n) is 12.3. The Labute approximate surface area is 128 Å². The average Bonchev–Trinajstić information content (AvgIpc) is 2.55. The lowest BCUT2D eigenvalue weighted by molar-refractivity contribution is 0.167. The number of ether oxygens (including phenoxy) is 2.